The molecule has 0 bridgehead atoms. The molecule has 2 aromatic heterocycles. The number of ether oxygens (including phenoxy) is 2. The Morgan fingerprint density at radius 2 is 2.00 bits per heavy atom. The molecule has 1 unspecified atom stereocenters. The summed E-state index contributed by atoms with van der Waals surface area (Å²) in [5.41, 5.74) is 8.81. The molecule has 1 aromatic carbocycles. The molecule has 2 atom stereocenters. The number of nitrogens with zero attached hydrogens (tertiary/aromatic N) is 5. The minimum Gasteiger partial charge on any atom is -0.490 e. The quantitative estimate of drug-likeness (QED) is 0.375. The van der Waals surface area contributed by atoms with Gasteiger partial charge in [0.25, 0.3) is 0 Å². The van der Waals surface area contributed by atoms with Crippen molar-refractivity contribution in [3.05, 3.63) is 36.5 Å². The van der Waals surface area contributed by atoms with Crippen LogP contribution in [-0.4, -0.2) is 69.6 Å². The van der Waals surface area contributed by atoms with E-state index in [2.05, 4.69) is 37.1 Å². The van der Waals surface area contributed by atoms with Gasteiger partial charge in [-0.2, -0.15) is 0 Å². The zero-order valence-electron chi connectivity index (χ0n) is 21.9. The van der Waals surface area contributed by atoms with Crippen LogP contribution in [0.15, 0.2) is 30.7 Å². The first-order valence-electron chi connectivity index (χ1n) is 13.0. The lowest BCUT2D eigenvalue weighted by Crippen LogP contribution is -2.49. The molecule has 0 aliphatic carbocycles. The number of carbonyl (C=O) groups excluding carboxylic acids is 1. The molecule has 198 valence electrons. The van der Waals surface area contributed by atoms with Gasteiger partial charge in [0, 0.05) is 42.6 Å². The Bertz CT molecular complexity index is 1190. The van der Waals surface area contributed by atoms with Crippen molar-refractivity contribution >= 4 is 22.8 Å². The van der Waals surface area contributed by atoms with Crippen molar-refractivity contribution in [2.75, 3.05) is 32.5 Å². The molecule has 10 heteroatoms. The molecule has 0 radical (unpaired) electrons. The monoisotopic (exact) mass is 507 g/mol. The van der Waals surface area contributed by atoms with E-state index in [9.17, 15) is 4.79 Å². The average Bonchev–Trinajstić information content (AvgIpc) is 2.89. The Hall–Kier alpha value is -3.37. The van der Waals surface area contributed by atoms with Crippen LogP contribution in [0, 0.1) is 0 Å². The largest absolute Gasteiger partial charge is 0.490 e. The molecule has 1 amide bonds. The van der Waals surface area contributed by atoms with Gasteiger partial charge in [0.1, 0.15) is 17.9 Å². The van der Waals surface area contributed by atoms with Crippen LogP contribution in [-0.2, 0) is 16.1 Å². The predicted molar refractivity (Wildman–Crippen MR) is 143 cm³/mol. The average molecular weight is 508 g/mol. The van der Waals surface area contributed by atoms with Gasteiger partial charge >= 0.3 is 0 Å². The summed E-state index contributed by atoms with van der Waals surface area (Å²) in [5, 5.41) is 3.15. The van der Waals surface area contributed by atoms with Gasteiger partial charge in [0.2, 0.25) is 5.91 Å². The number of hydrogen-bond acceptors (Lipinski definition) is 9. The predicted octanol–water partition coefficient (Wildman–Crippen LogP) is 3.35. The third-order valence-corrected chi connectivity index (χ3v) is 6.54. The SMILES string of the molecule is CCCOCc1ncc(-c2ccc3ncc(N)nc3c2OCCC(C)NC(=O)[C@@H]2CCCCN2C)cn1. The van der Waals surface area contributed by atoms with E-state index >= 15 is 0 Å². The van der Waals surface area contributed by atoms with Crippen LogP contribution in [0.5, 0.6) is 5.75 Å². The number of carbonyl (C=O) groups is 1. The topological polar surface area (TPSA) is 128 Å². The van der Waals surface area contributed by atoms with E-state index in [1.54, 1.807) is 12.4 Å². The molecule has 3 N–H and O–H groups in total. The number of aromatic nitrogens is 4. The van der Waals surface area contributed by atoms with Crippen molar-refractivity contribution in [1.82, 2.24) is 30.2 Å². The molecule has 1 fully saturated rings. The van der Waals surface area contributed by atoms with Crippen LogP contribution in [0.3, 0.4) is 0 Å². The number of rotatable bonds is 11. The highest BCUT2D eigenvalue weighted by Gasteiger charge is 2.26. The lowest BCUT2D eigenvalue weighted by molar-refractivity contribution is -0.127. The van der Waals surface area contributed by atoms with Crippen LogP contribution >= 0.6 is 0 Å². The summed E-state index contributed by atoms with van der Waals surface area (Å²) >= 11 is 0. The number of benzene rings is 1. The second-order valence-electron chi connectivity index (χ2n) is 9.58. The van der Waals surface area contributed by atoms with E-state index < -0.39 is 0 Å². The Kier molecular flexibility index (Phi) is 9.19. The molecular formula is C27H37N7O3. The molecule has 1 saturated heterocycles. The Morgan fingerprint density at radius 3 is 2.76 bits per heavy atom. The number of fused-ring (bicyclic) bond motifs is 1. The fraction of sp³-hybridized carbons (Fsp3) is 0.519. The molecule has 4 rings (SSSR count). The van der Waals surface area contributed by atoms with Gasteiger partial charge in [-0.05, 0) is 51.9 Å². The molecule has 0 spiro atoms. The number of hydrogen-bond donors (Lipinski definition) is 2. The molecule has 1 aliphatic heterocycles. The van der Waals surface area contributed by atoms with Crippen molar-refractivity contribution in [3.63, 3.8) is 0 Å². The van der Waals surface area contributed by atoms with Gasteiger partial charge in [-0.25, -0.2) is 15.0 Å². The first-order chi connectivity index (χ1) is 18.0. The van der Waals surface area contributed by atoms with Crippen LogP contribution in [0.1, 0.15) is 51.8 Å². The van der Waals surface area contributed by atoms with E-state index in [0.717, 1.165) is 43.4 Å². The van der Waals surface area contributed by atoms with Gasteiger partial charge in [-0.3, -0.25) is 14.7 Å². The van der Waals surface area contributed by atoms with Crippen LogP contribution in [0.25, 0.3) is 22.2 Å². The Balaban J connectivity index is 1.47. The lowest BCUT2D eigenvalue weighted by atomic mass is 10.0. The summed E-state index contributed by atoms with van der Waals surface area (Å²) in [7, 11) is 2.01. The first-order valence-corrected chi connectivity index (χ1v) is 13.0. The maximum atomic E-state index is 12.8. The highest BCUT2D eigenvalue weighted by atomic mass is 16.5. The van der Waals surface area contributed by atoms with Crippen LogP contribution in [0.2, 0.25) is 0 Å². The maximum Gasteiger partial charge on any atom is 0.237 e. The maximum absolute atomic E-state index is 12.8. The fourth-order valence-electron chi connectivity index (χ4n) is 4.47. The third kappa shape index (κ3) is 6.90. The van der Waals surface area contributed by atoms with E-state index in [-0.39, 0.29) is 18.0 Å². The van der Waals surface area contributed by atoms with Gasteiger partial charge in [-0.15, -0.1) is 0 Å². The van der Waals surface area contributed by atoms with Crippen molar-refractivity contribution in [2.24, 2.45) is 0 Å². The molecule has 37 heavy (non-hydrogen) atoms. The molecule has 0 saturated carbocycles. The number of nitrogens with one attached hydrogen (secondary N) is 1. The highest BCUT2D eigenvalue weighted by Crippen LogP contribution is 2.35. The second-order valence-corrected chi connectivity index (χ2v) is 9.58. The summed E-state index contributed by atoms with van der Waals surface area (Å²) in [6, 6.07) is 3.71. The van der Waals surface area contributed by atoms with E-state index in [1.165, 1.54) is 6.20 Å². The highest BCUT2D eigenvalue weighted by molar-refractivity contribution is 5.90. The molecule has 3 heterocycles. The minimum absolute atomic E-state index is 0.0388. The first kappa shape index (κ1) is 26.7. The summed E-state index contributed by atoms with van der Waals surface area (Å²) in [6.07, 6.45) is 9.76. The molecule has 10 nitrogen and oxygen atoms in total. The number of anilines is 1. The molecular weight excluding hydrogens is 470 g/mol. The number of piperidine rings is 1. The fourth-order valence-corrected chi connectivity index (χ4v) is 4.47. The Labute approximate surface area is 218 Å². The molecule has 3 aromatic rings. The second kappa shape index (κ2) is 12.7. The van der Waals surface area contributed by atoms with Crippen molar-refractivity contribution in [3.8, 4) is 16.9 Å². The third-order valence-electron chi connectivity index (χ3n) is 6.54. The van der Waals surface area contributed by atoms with Gasteiger partial charge in [0.15, 0.2) is 11.6 Å². The van der Waals surface area contributed by atoms with Gasteiger partial charge < -0.3 is 20.5 Å². The summed E-state index contributed by atoms with van der Waals surface area (Å²) in [5.74, 6) is 1.59. The number of nitrogen functional groups attached to an aromatic ring is 1. The van der Waals surface area contributed by atoms with Crippen molar-refractivity contribution in [2.45, 2.75) is 64.6 Å². The van der Waals surface area contributed by atoms with Crippen molar-refractivity contribution < 1.29 is 14.3 Å². The zero-order chi connectivity index (χ0) is 26.2. The molecule has 1 aliphatic rings. The van der Waals surface area contributed by atoms with Crippen molar-refractivity contribution in [1.29, 1.82) is 0 Å². The van der Waals surface area contributed by atoms with Gasteiger partial charge in [-0.1, -0.05) is 13.3 Å². The normalized spacial score (nSPS) is 17.0. The lowest BCUT2D eigenvalue weighted by Gasteiger charge is -2.32. The van der Waals surface area contributed by atoms with E-state index in [0.29, 0.717) is 54.7 Å². The van der Waals surface area contributed by atoms with E-state index in [4.69, 9.17) is 15.2 Å². The summed E-state index contributed by atoms with van der Waals surface area (Å²) in [6.45, 7) is 6.44. The Morgan fingerprint density at radius 1 is 1.19 bits per heavy atom. The number of likely N-dealkylation sites (tertiary alicyclic amines) is 1. The standard InChI is InChI=1S/C27H37N7O3/c1-4-12-36-17-24-30-14-19(15-31-24)20-8-9-21-25(33-23(28)16-29-21)26(20)37-13-10-18(2)32-27(35)22-7-5-6-11-34(22)3/h8-9,14-16,18,22H,4-7,10-13,17H2,1-3H3,(H2,28,33)(H,32,35)/t18?,22-/m0/s1. The summed E-state index contributed by atoms with van der Waals surface area (Å²) < 4.78 is 11.8. The van der Waals surface area contributed by atoms with Gasteiger partial charge in [0.05, 0.1) is 24.4 Å². The summed E-state index contributed by atoms with van der Waals surface area (Å²) in [4.78, 5) is 32.7. The zero-order valence-corrected chi connectivity index (χ0v) is 21.9. The van der Waals surface area contributed by atoms with E-state index in [1.807, 2.05) is 26.1 Å². The minimum atomic E-state index is -0.0598. The van der Waals surface area contributed by atoms with Crippen LogP contribution in [0.4, 0.5) is 5.82 Å². The smallest absolute Gasteiger partial charge is 0.237 e. The van der Waals surface area contributed by atoms with Crippen LogP contribution < -0.4 is 15.8 Å². The number of likely N-dealkylation sites (N-methyl/N-ethyl adjacent to an activating group) is 1. The number of amides is 1. The number of nitrogens with two attached hydrogens (primary N) is 1.